The topological polar surface area (TPSA) is 18.5 Å². The SMILES string of the molecule is C.C.CCCCCCCC[Si](C)(C)OC.CO[Si](C)(C)C. The summed E-state index contributed by atoms with van der Waals surface area (Å²) < 4.78 is 10.6. The fourth-order valence-electron chi connectivity index (χ4n) is 1.43. The third-order valence-electron chi connectivity index (χ3n) is 3.30. The summed E-state index contributed by atoms with van der Waals surface area (Å²) in [5.41, 5.74) is 0. The molecule has 0 aromatic carbocycles. The van der Waals surface area contributed by atoms with Gasteiger partial charge in [-0.25, -0.2) is 0 Å². The second-order valence-corrected chi connectivity index (χ2v) is 15.9. The van der Waals surface area contributed by atoms with E-state index >= 15 is 0 Å². The summed E-state index contributed by atoms with van der Waals surface area (Å²) in [4.78, 5) is 0. The summed E-state index contributed by atoms with van der Waals surface area (Å²) in [6, 6.07) is 1.33. The summed E-state index contributed by atoms with van der Waals surface area (Å²) >= 11 is 0. The molecule has 0 N–H and O–H groups in total. The van der Waals surface area contributed by atoms with Crippen molar-refractivity contribution in [3.8, 4) is 0 Å². The molecule has 0 aromatic rings. The first kappa shape index (κ1) is 29.4. The van der Waals surface area contributed by atoms with E-state index in [-0.39, 0.29) is 14.9 Å². The first-order chi connectivity index (χ1) is 8.68. The van der Waals surface area contributed by atoms with Crippen molar-refractivity contribution >= 4 is 16.6 Å². The number of hydrogen-bond acceptors (Lipinski definition) is 2. The minimum Gasteiger partial charge on any atom is -0.421 e. The van der Waals surface area contributed by atoms with Gasteiger partial charge in [-0.05, 0) is 38.8 Å². The van der Waals surface area contributed by atoms with Crippen LogP contribution in [0.15, 0.2) is 0 Å². The zero-order valence-electron chi connectivity index (χ0n) is 14.8. The highest BCUT2D eigenvalue weighted by Gasteiger charge is 2.18. The Labute approximate surface area is 139 Å². The molecule has 0 fully saturated rings. The van der Waals surface area contributed by atoms with E-state index in [1.165, 1.54) is 44.6 Å². The molecule has 0 rings (SSSR count). The minimum atomic E-state index is -1.25. The third-order valence-corrected chi connectivity index (χ3v) is 7.18. The summed E-state index contributed by atoms with van der Waals surface area (Å²) in [5.74, 6) is 0. The number of unbranched alkanes of at least 4 members (excludes halogenated alkanes) is 5. The Morgan fingerprint density at radius 2 is 1.05 bits per heavy atom. The van der Waals surface area contributed by atoms with Gasteiger partial charge in [0.15, 0.2) is 16.6 Å². The van der Waals surface area contributed by atoms with Gasteiger partial charge in [0, 0.05) is 14.2 Å². The van der Waals surface area contributed by atoms with Gasteiger partial charge in [-0.3, -0.25) is 0 Å². The van der Waals surface area contributed by atoms with Gasteiger partial charge in [0.1, 0.15) is 0 Å². The molecule has 0 spiro atoms. The first-order valence-electron chi connectivity index (χ1n) is 7.79. The molecule has 0 saturated carbocycles. The van der Waals surface area contributed by atoms with Crippen LogP contribution in [0.3, 0.4) is 0 Å². The molecule has 0 bridgehead atoms. The lowest BCUT2D eigenvalue weighted by Crippen LogP contribution is -2.27. The van der Waals surface area contributed by atoms with Gasteiger partial charge in [0.05, 0.1) is 0 Å². The molecule has 0 saturated heterocycles. The summed E-state index contributed by atoms with van der Waals surface area (Å²) in [6.45, 7) is 13.4. The lowest BCUT2D eigenvalue weighted by atomic mass is 10.1. The van der Waals surface area contributed by atoms with E-state index in [4.69, 9.17) is 8.85 Å². The van der Waals surface area contributed by atoms with E-state index in [2.05, 4.69) is 39.7 Å². The molecule has 0 heterocycles. The highest BCUT2D eigenvalue weighted by molar-refractivity contribution is 6.71. The van der Waals surface area contributed by atoms with Crippen LogP contribution in [0.4, 0.5) is 0 Å². The van der Waals surface area contributed by atoms with Gasteiger partial charge in [0.2, 0.25) is 0 Å². The van der Waals surface area contributed by atoms with Crippen molar-refractivity contribution in [2.75, 3.05) is 14.2 Å². The molecule has 0 aliphatic rings. The molecule has 0 atom stereocenters. The zero-order valence-corrected chi connectivity index (χ0v) is 16.8. The quantitative estimate of drug-likeness (QED) is 0.335. The average Bonchev–Trinajstić information content (AvgIpc) is 2.33. The van der Waals surface area contributed by atoms with E-state index in [1.807, 2.05) is 7.11 Å². The molecular weight excluding hydrogens is 292 g/mol. The van der Waals surface area contributed by atoms with Crippen LogP contribution < -0.4 is 0 Å². The Morgan fingerprint density at radius 3 is 1.38 bits per heavy atom. The lowest BCUT2D eigenvalue weighted by Gasteiger charge is -2.19. The third kappa shape index (κ3) is 29.1. The molecule has 4 heteroatoms. The van der Waals surface area contributed by atoms with E-state index < -0.39 is 16.6 Å². The summed E-state index contributed by atoms with van der Waals surface area (Å²) in [7, 11) is 1.26. The lowest BCUT2D eigenvalue weighted by molar-refractivity contribution is 0.400. The Morgan fingerprint density at radius 1 is 0.667 bits per heavy atom. The second-order valence-electron chi connectivity index (χ2n) is 6.80. The zero-order chi connectivity index (χ0) is 15.4. The van der Waals surface area contributed by atoms with Gasteiger partial charge in [0.25, 0.3) is 0 Å². The van der Waals surface area contributed by atoms with Crippen molar-refractivity contribution in [1.29, 1.82) is 0 Å². The van der Waals surface area contributed by atoms with Crippen LogP contribution in [0, 0.1) is 0 Å². The van der Waals surface area contributed by atoms with Crippen molar-refractivity contribution in [2.24, 2.45) is 0 Å². The van der Waals surface area contributed by atoms with E-state index in [9.17, 15) is 0 Å². The number of rotatable bonds is 9. The van der Waals surface area contributed by atoms with Crippen LogP contribution >= 0.6 is 0 Å². The van der Waals surface area contributed by atoms with E-state index in [0.29, 0.717) is 0 Å². The molecule has 21 heavy (non-hydrogen) atoms. The van der Waals surface area contributed by atoms with Crippen molar-refractivity contribution < 1.29 is 8.85 Å². The highest BCUT2D eigenvalue weighted by Crippen LogP contribution is 2.16. The Kier molecular flexibility index (Phi) is 23.4. The van der Waals surface area contributed by atoms with Gasteiger partial charge in [-0.1, -0.05) is 60.3 Å². The first-order valence-corrected chi connectivity index (χ1v) is 14.3. The maximum absolute atomic E-state index is 5.50. The monoisotopic (exact) mass is 338 g/mol. The predicted octanol–water partition coefficient (Wildman–Crippen LogP) is 6.94. The fourth-order valence-corrected chi connectivity index (χ4v) is 2.74. The molecule has 0 aromatic heterocycles. The second kappa shape index (κ2) is 16.7. The van der Waals surface area contributed by atoms with Crippen LogP contribution in [0.25, 0.3) is 0 Å². The van der Waals surface area contributed by atoms with Crippen LogP contribution in [-0.4, -0.2) is 30.9 Å². The molecule has 0 radical (unpaired) electrons. The normalized spacial score (nSPS) is 10.9. The smallest absolute Gasteiger partial charge is 0.186 e. The maximum atomic E-state index is 5.50. The van der Waals surface area contributed by atoms with Crippen molar-refractivity contribution in [1.82, 2.24) is 0 Å². The van der Waals surface area contributed by atoms with Gasteiger partial charge in [-0.15, -0.1) is 0 Å². The average molecular weight is 339 g/mol. The summed E-state index contributed by atoms with van der Waals surface area (Å²) in [5, 5.41) is 0. The minimum absolute atomic E-state index is 0. The van der Waals surface area contributed by atoms with Gasteiger partial charge >= 0.3 is 0 Å². The highest BCUT2D eigenvalue weighted by atomic mass is 28.4. The molecule has 2 nitrogen and oxygen atoms in total. The van der Waals surface area contributed by atoms with Gasteiger partial charge in [-0.2, -0.15) is 0 Å². The van der Waals surface area contributed by atoms with Crippen molar-refractivity contribution in [3.05, 3.63) is 0 Å². The standard InChI is InChI=1S/C11H26OSi.C4H12OSi.2CH4/c1-5-6-7-8-9-10-11-13(3,4)12-2;1-5-6(2,3)4;;/h5-11H2,1-4H3;1-4H3;2*1H4. The van der Waals surface area contributed by atoms with Crippen LogP contribution in [0.2, 0.25) is 38.8 Å². The summed E-state index contributed by atoms with van der Waals surface area (Å²) in [6.07, 6.45) is 8.37. The maximum Gasteiger partial charge on any atom is 0.186 e. The Balaban J connectivity index is -0.000000156. The Bertz CT molecular complexity index is 190. The molecule has 0 aliphatic carbocycles. The largest absolute Gasteiger partial charge is 0.421 e. The van der Waals surface area contributed by atoms with Crippen molar-refractivity contribution in [3.63, 3.8) is 0 Å². The number of hydrogen-bond donors (Lipinski definition) is 0. The fraction of sp³-hybridized carbons (Fsp3) is 1.00. The van der Waals surface area contributed by atoms with Crippen LogP contribution in [-0.2, 0) is 8.85 Å². The molecule has 134 valence electrons. The van der Waals surface area contributed by atoms with Gasteiger partial charge < -0.3 is 8.85 Å². The van der Waals surface area contributed by atoms with E-state index in [0.717, 1.165) is 0 Å². The molecular formula is C17H46O2Si2. The molecule has 0 aliphatic heterocycles. The predicted molar refractivity (Wildman–Crippen MR) is 106 cm³/mol. The van der Waals surface area contributed by atoms with E-state index in [1.54, 1.807) is 7.11 Å². The van der Waals surface area contributed by atoms with Crippen LogP contribution in [0.1, 0.15) is 60.3 Å². The molecule has 0 unspecified atom stereocenters. The Hall–Kier alpha value is 0.354. The van der Waals surface area contributed by atoms with Crippen LogP contribution in [0.5, 0.6) is 0 Å². The van der Waals surface area contributed by atoms with Crippen molar-refractivity contribution in [2.45, 2.75) is 99.1 Å². The molecule has 0 amide bonds.